The molecule has 0 N–H and O–H groups in total. The molecule has 1 rings (SSSR count). The molecule has 0 aliphatic rings. The van der Waals surface area contributed by atoms with Crippen LogP contribution in [0.2, 0.25) is 0 Å². The lowest BCUT2D eigenvalue weighted by atomic mass is 10.2. The quantitative estimate of drug-likeness (QED) is 0.541. The average Bonchev–Trinajstić information content (AvgIpc) is 2.18. The fourth-order valence-electron chi connectivity index (χ4n) is 0.877. The van der Waals surface area contributed by atoms with Gasteiger partial charge in [0, 0.05) is 5.56 Å². The third-order valence-corrected chi connectivity index (χ3v) is 1.51. The maximum absolute atomic E-state index is 5.06. The van der Waals surface area contributed by atoms with E-state index >= 15 is 0 Å². The monoisotopic (exact) mass is 192 g/mol. The number of hydrogen-bond acceptors (Lipinski definition) is 3. The van der Waals surface area contributed by atoms with Crippen molar-refractivity contribution in [2.45, 2.75) is 20.0 Å². The fourth-order valence-corrected chi connectivity index (χ4v) is 0.877. The van der Waals surface area contributed by atoms with Gasteiger partial charge < -0.3 is 9.57 Å². The molecule has 1 aromatic carbocycles. The minimum Gasteiger partial charge on any atom is -0.497 e. The zero-order valence-electron chi connectivity index (χ0n) is 8.65. The van der Waals surface area contributed by atoms with Crippen LogP contribution in [-0.2, 0) is 4.84 Å². The Bertz CT molecular complexity index is 308. The standard InChI is InChI=1S/C11H14NO2/c1-9(2)14-12-8-10-5-4-6-11(7-10)13-3/h4-7,9H,1-3H3. The smallest absolute Gasteiger partial charge is 0.139 e. The van der Waals surface area contributed by atoms with Crippen molar-refractivity contribution in [3.63, 3.8) is 0 Å². The first-order valence-electron chi connectivity index (χ1n) is 4.48. The Kier molecular flexibility index (Phi) is 3.98. The maximum Gasteiger partial charge on any atom is 0.139 e. The molecule has 75 valence electrons. The Hall–Kier alpha value is -1.51. The Morgan fingerprint density at radius 3 is 2.79 bits per heavy atom. The Labute approximate surface area is 84.3 Å². The molecule has 0 saturated carbocycles. The van der Waals surface area contributed by atoms with E-state index in [-0.39, 0.29) is 6.10 Å². The Morgan fingerprint density at radius 1 is 1.36 bits per heavy atom. The number of nitrogens with zero attached hydrogens (tertiary/aromatic N) is 1. The van der Waals surface area contributed by atoms with E-state index in [0.717, 1.165) is 11.3 Å². The van der Waals surface area contributed by atoms with Gasteiger partial charge in [0.05, 0.1) is 7.11 Å². The number of hydrogen-bond donors (Lipinski definition) is 0. The van der Waals surface area contributed by atoms with Gasteiger partial charge >= 0.3 is 0 Å². The number of methoxy groups -OCH3 is 1. The summed E-state index contributed by atoms with van der Waals surface area (Å²) in [5, 5.41) is 3.71. The van der Waals surface area contributed by atoms with Crippen LogP contribution < -0.4 is 4.74 Å². The highest BCUT2D eigenvalue weighted by Gasteiger charge is 1.93. The van der Waals surface area contributed by atoms with Gasteiger partial charge in [-0.3, -0.25) is 0 Å². The van der Waals surface area contributed by atoms with Crippen LogP contribution in [0.4, 0.5) is 0 Å². The first kappa shape index (κ1) is 10.6. The summed E-state index contributed by atoms with van der Waals surface area (Å²) < 4.78 is 5.06. The highest BCUT2D eigenvalue weighted by atomic mass is 16.6. The molecule has 0 aliphatic heterocycles. The van der Waals surface area contributed by atoms with Crippen molar-refractivity contribution in [2.75, 3.05) is 7.11 Å². The first-order valence-corrected chi connectivity index (χ1v) is 4.48. The average molecular weight is 192 g/mol. The van der Waals surface area contributed by atoms with Gasteiger partial charge in [-0.2, -0.15) is 0 Å². The minimum absolute atomic E-state index is 0.0770. The van der Waals surface area contributed by atoms with Crippen molar-refractivity contribution in [2.24, 2.45) is 5.16 Å². The molecule has 0 fully saturated rings. The van der Waals surface area contributed by atoms with Crippen molar-refractivity contribution < 1.29 is 9.57 Å². The first-order chi connectivity index (χ1) is 6.72. The summed E-state index contributed by atoms with van der Waals surface area (Å²) >= 11 is 0. The van der Waals surface area contributed by atoms with E-state index in [0.29, 0.717) is 0 Å². The summed E-state index contributed by atoms with van der Waals surface area (Å²) in [5.41, 5.74) is 0.838. The molecule has 0 aliphatic carbocycles. The Balaban J connectivity index is 2.62. The Morgan fingerprint density at radius 2 is 2.14 bits per heavy atom. The summed E-state index contributed by atoms with van der Waals surface area (Å²) in [7, 11) is 1.63. The summed E-state index contributed by atoms with van der Waals surface area (Å²) in [5.74, 6) is 0.787. The van der Waals surface area contributed by atoms with Gasteiger partial charge in [0.25, 0.3) is 0 Å². The molecule has 14 heavy (non-hydrogen) atoms. The third-order valence-electron chi connectivity index (χ3n) is 1.51. The van der Waals surface area contributed by atoms with E-state index in [1.165, 1.54) is 0 Å². The second kappa shape index (κ2) is 5.27. The van der Waals surface area contributed by atoms with Gasteiger partial charge in [-0.15, -0.1) is 0 Å². The molecule has 0 unspecified atom stereocenters. The van der Waals surface area contributed by atoms with Gasteiger partial charge in [-0.1, -0.05) is 17.3 Å². The number of rotatable bonds is 4. The molecule has 3 nitrogen and oxygen atoms in total. The van der Waals surface area contributed by atoms with Gasteiger partial charge in [0.15, 0.2) is 0 Å². The molecule has 0 amide bonds. The topological polar surface area (TPSA) is 30.8 Å². The SMILES string of the molecule is COc1cccc(/[C]=N/OC(C)C)c1. The van der Waals surface area contributed by atoms with Gasteiger partial charge in [-0.25, -0.2) is 0 Å². The summed E-state index contributed by atoms with van der Waals surface area (Å²) in [6, 6.07) is 7.48. The zero-order valence-corrected chi connectivity index (χ0v) is 8.65. The van der Waals surface area contributed by atoms with Gasteiger partial charge in [0.2, 0.25) is 0 Å². The van der Waals surface area contributed by atoms with Crippen molar-refractivity contribution >= 4 is 6.21 Å². The van der Waals surface area contributed by atoms with Crippen LogP contribution in [0, 0.1) is 0 Å². The molecule has 0 saturated heterocycles. The van der Waals surface area contributed by atoms with Gasteiger partial charge in [-0.05, 0) is 26.0 Å². The highest BCUT2D eigenvalue weighted by Crippen LogP contribution is 2.10. The fraction of sp³-hybridized carbons (Fsp3) is 0.364. The lowest BCUT2D eigenvalue weighted by molar-refractivity contribution is 0.0874. The van der Waals surface area contributed by atoms with Crippen LogP contribution in [-0.4, -0.2) is 19.4 Å². The lowest BCUT2D eigenvalue weighted by Gasteiger charge is -2.01. The minimum atomic E-state index is 0.0770. The van der Waals surface area contributed by atoms with Crippen LogP contribution in [0.5, 0.6) is 5.75 Å². The molecule has 0 bridgehead atoms. The van der Waals surface area contributed by atoms with Gasteiger partial charge in [0.1, 0.15) is 18.1 Å². The van der Waals surface area contributed by atoms with Crippen LogP contribution in [0.3, 0.4) is 0 Å². The molecular formula is C11H14NO2. The molecular weight excluding hydrogens is 178 g/mol. The molecule has 3 heteroatoms. The van der Waals surface area contributed by atoms with Crippen LogP contribution >= 0.6 is 0 Å². The maximum atomic E-state index is 5.06. The van der Waals surface area contributed by atoms with E-state index < -0.39 is 0 Å². The highest BCUT2D eigenvalue weighted by molar-refractivity contribution is 5.79. The zero-order chi connectivity index (χ0) is 10.4. The number of benzene rings is 1. The largest absolute Gasteiger partial charge is 0.497 e. The molecule has 0 aromatic heterocycles. The molecule has 1 aromatic rings. The van der Waals surface area contributed by atoms with Crippen molar-refractivity contribution in [1.82, 2.24) is 0 Å². The normalized spacial score (nSPS) is 10.9. The predicted octanol–water partition coefficient (Wildman–Crippen LogP) is 2.33. The van der Waals surface area contributed by atoms with Crippen LogP contribution in [0.25, 0.3) is 0 Å². The van der Waals surface area contributed by atoms with Crippen LogP contribution in [0.15, 0.2) is 29.4 Å². The van der Waals surface area contributed by atoms with E-state index in [1.807, 2.05) is 38.1 Å². The van der Waals surface area contributed by atoms with E-state index in [1.54, 1.807) is 7.11 Å². The summed E-state index contributed by atoms with van der Waals surface area (Å²) in [6.07, 6.45) is 2.85. The van der Waals surface area contributed by atoms with Crippen molar-refractivity contribution in [3.05, 3.63) is 29.8 Å². The third kappa shape index (κ3) is 3.47. The molecule has 0 spiro atoms. The summed E-state index contributed by atoms with van der Waals surface area (Å²) in [4.78, 5) is 4.99. The van der Waals surface area contributed by atoms with Crippen LogP contribution in [0.1, 0.15) is 19.4 Å². The lowest BCUT2D eigenvalue weighted by Crippen LogP contribution is -1.96. The van der Waals surface area contributed by atoms with Crippen molar-refractivity contribution in [3.8, 4) is 5.75 Å². The second-order valence-electron chi connectivity index (χ2n) is 3.09. The summed E-state index contributed by atoms with van der Waals surface area (Å²) in [6.45, 7) is 3.83. The predicted molar refractivity (Wildman–Crippen MR) is 55.8 cm³/mol. The van der Waals surface area contributed by atoms with E-state index in [4.69, 9.17) is 9.57 Å². The molecule has 0 heterocycles. The second-order valence-corrected chi connectivity index (χ2v) is 3.09. The van der Waals surface area contributed by atoms with E-state index in [9.17, 15) is 0 Å². The number of ether oxygens (including phenoxy) is 1. The molecule has 0 atom stereocenters. The molecule has 1 radical (unpaired) electrons. The van der Waals surface area contributed by atoms with Crippen molar-refractivity contribution in [1.29, 1.82) is 0 Å². The van der Waals surface area contributed by atoms with E-state index in [2.05, 4.69) is 11.4 Å².